The minimum absolute atomic E-state index is 0.0410. The molecule has 1 fully saturated rings. The van der Waals surface area contributed by atoms with Crippen LogP contribution in [0.3, 0.4) is 0 Å². The number of nitrogens with zero attached hydrogens (tertiary/aromatic N) is 1. The van der Waals surface area contributed by atoms with E-state index in [-0.39, 0.29) is 31.5 Å². The number of ether oxygens (including phenoxy) is 1. The van der Waals surface area contributed by atoms with Crippen LogP contribution in [-0.4, -0.2) is 59.6 Å². The van der Waals surface area contributed by atoms with E-state index in [0.717, 1.165) is 5.56 Å². The summed E-state index contributed by atoms with van der Waals surface area (Å²) in [6.45, 7) is 0.392. The number of carbonyl (C=O) groups excluding carboxylic acids is 2. The lowest BCUT2D eigenvalue weighted by molar-refractivity contribution is -0.159. The number of carbonyl (C=O) groups is 3. The molecule has 0 aromatic heterocycles. The van der Waals surface area contributed by atoms with Gasteiger partial charge in [0.15, 0.2) is 6.10 Å². The number of morpholine rings is 1. The second kappa shape index (κ2) is 9.14. The zero-order valence-corrected chi connectivity index (χ0v) is 15.3. The van der Waals surface area contributed by atoms with Crippen molar-refractivity contribution in [2.24, 2.45) is 0 Å². The van der Waals surface area contributed by atoms with Gasteiger partial charge in [0, 0.05) is 18.5 Å². The molecule has 146 valence electrons. The molecule has 7 nitrogen and oxygen atoms in total. The lowest BCUT2D eigenvalue weighted by atomic mass is 10.0. The molecule has 2 amide bonds. The average molecular weight is 382 g/mol. The standard InChI is InChI=1S/C21H22N2O5/c24-19(16-9-5-2-6-10-16)22-17(13-15-7-3-1-4-8-15)20(25)23-11-12-28-18(14-23)21(26)27/h1-10,17-18H,11-14H2,(H,22,24)(H,26,27). The van der Waals surface area contributed by atoms with E-state index < -0.39 is 18.1 Å². The van der Waals surface area contributed by atoms with Crippen molar-refractivity contribution in [2.45, 2.75) is 18.6 Å². The third-order valence-electron chi connectivity index (χ3n) is 4.58. The van der Waals surface area contributed by atoms with E-state index in [0.29, 0.717) is 12.0 Å². The molecule has 0 radical (unpaired) electrons. The van der Waals surface area contributed by atoms with Gasteiger partial charge in [0.1, 0.15) is 6.04 Å². The number of hydrogen-bond donors (Lipinski definition) is 2. The number of hydrogen-bond acceptors (Lipinski definition) is 4. The van der Waals surface area contributed by atoms with Crippen LogP contribution in [0.2, 0.25) is 0 Å². The van der Waals surface area contributed by atoms with Crippen molar-refractivity contribution < 1.29 is 24.2 Å². The van der Waals surface area contributed by atoms with Crippen LogP contribution >= 0.6 is 0 Å². The van der Waals surface area contributed by atoms with E-state index in [9.17, 15) is 19.5 Å². The van der Waals surface area contributed by atoms with E-state index in [1.807, 2.05) is 36.4 Å². The first-order chi connectivity index (χ1) is 13.5. The molecular weight excluding hydrogens is 360 g/mol. The number of aliphatic carboxylic acids is 1. The van der Waals surface area contributed by atoms with Crippen molar-refractivity contribution in [2.75, 3.05) is 19.7 Å². The van der Waals surface area contributed by atoms with E-state index >= 15 is 0 Å². The summed E-state index contributed by atoms with van der Waals surface area (Å²) in [4.78, 5) is 38.4. The summed E-state index contributed by atoms with van der Waals surface area (Å²) in [5.41, 5.74) is 1.36. The fourth-order valence-electron chi connectivity index (χ4n) is 3.10. The van der Waals surface area contributed by atoms with Gasteiger partial charge in [0.2, 0.25) is 5.91 Å². The molecule has 2 aromatic rings. The maximum Gasteiger partial charge on any atom is 0.334 e. The third-order valence-corrected chi connectivity index (χ3v) is 4.58. The molecule has 0 bridgehead atoms. The van der Waals surface area contributed by atoms with Crippen molar-refractivity contribution in [3.63, 3.8) is 0 Å². The predicted octanol–water partition coefficient (Wildman–Crippen LogP) is 1.34. The van der Waals surface area contributed by atoms with E-state index in [4.69, 9.17) is 4.74 Å². The highest BCUT2D eigenvalue weighted by molar-refractivity contribution is 5.97. The molecule has 7 heteroatoms. The van der Waals surface area contributed by atoms with Crippen molar-refractivity contribution >= 4 is 17.8 Å². The van der Waals surface area contributed by atoms with Gasteiger partial charge in [-0.3, -0.25) is 9.59 Å². The first-order valence-corrected chi connectivity index (χ1v) is 9.07. The van der Waals surface area contributed by atoms with Gasteiger partial charge < -0.3 is 20.1 Å². The van der Waals surface area contributed by atoms with Gasteiger partial charge >= 0.3 is 5.97 Å². The molecule has 2 atom stereocenters. The Hall–Kier alpha value is -3.19. The van der Waals surface area contributed by atoms with Crippen LogP contribution in [-0.2, 0) is 20.7 Å². The van der Waals surface area contributed by atoms with Crippen molar-refractivity contribution in [3.05, 3.63) is 71.8 Å². The maximum atomic E-state index is 13.1. The molecule has 28 heavy (non-hydrogen) atoms. The van der Waals surface area contributed by atoms with Crippen LogP contribution in [0.4, 0.5) is 0 Å². The van der Waals surface area contributed by atoms with Crippen LogP contribution < -0.4 is 5.32 Å². The summed E-state index contributed by atoms with van der Waals surface area (Å²) >= 11 is 0. The molecular formula is C21H22N2O5. The second-order valence-electron chi connectivity index (χ2n) is 6.56. The number of carboxylic acid groups (broad SMARTS) is 1. The fourth-order valence-corrected chi connectivity index (χ4v) is 3.10. The van der Waals surface area contributed by atoms with Gasteiger partial charge in [0.05, 0.1) is 13.2 Å². The smallest absolute Gasteiger partial charge is 0.334 e. The summed E-state index contributed by atoms with van der Waals surface area (Å²) < 4.78 is 5.19. The molecule has 2 N–H and O–H groups in total. The Labute approximate surface area is 162 Å². The number of benzene rings is 2. The van der Waals surface area contributed by atoms with Crippen molar-refractivity contribution in [1.82, 2.24) is 10.2 Å². The number of rotatable bonds is 6. The van der Waals surface area contributed by atoms with Crippen LogP contribution in [0.5, 0.6) is 0 Å². The van der Waals surface area contributed by atoms with Gasteiger partial charge in [-0.25, -0.2) is 4.79 Å². The highest BCUT2D eigenvalue weighted by Gasteiger charge is 2.33. The lowest BCUT2D eigenvalue weighted by Gasteiger charge is -2.33. The SMILES string of the molecule is O=C(NC(Cc1ccccc1)C(=O)N1CCOC(C(=O)O)C1)c1ccccc1. The largest absolute Gasteiger partial charge is 0.479 e. The monoisotopic (exact) mass is 382 g/mol. The summed E-state index contributed by atoms with van der Waals surface area (Å²) in [5, 5.41) is 12.0. The zero-order chi connectivity index (χ0) is 19.9. The molecule has 1 saturated heterocycles. The summed E-state index contributed by atoms with van der Waals surface area (Å²) in [5.74, 6) is -1.77. The average Bonchev–Trinajstić information content (AvgIpc) is 2.74. The minimum Gasteiger partial charge on any atom is -0.479 e. The first-order valence-electron chi connectivity index (χ1n) is 9.07. The zero-order valence-electron chi connectivity index (χ0n) is 15.3. The second-order valence-corrected chi connectivity index (χ2v) is 6.56. The number of carboxylic acids is 1. The first kappa shape index (κ1) is 19.6. The summed E-state index contributed by atoms with van der Waals surface area (Å²) in [6.07, 6.45) is -0.743. The normalized spacial score (nSPS) is 17.6. The van der Waals surface area contributed by atoms with Gasteiger partial charge in [-0.15, -0.1) is 0 Å². The molecule has 1 aliphatic rings. The molecule has 0 spiro atoms. The molecule has 3 rings (SSSR count). The Bertz CT molecular complexity index is 825. The predicted molar refractivity (Wildman–Crippen MR) is 102 cm³/mol. The van der Waals surface area contributed by atoms with Crippen LogP contribution in [0.1, 0.15) is 15.9 Å². The van der Waals surface area contributed by atoms with Gasteiger partial charge in [-0.05, 0) is 17.7 Å². The van der Waals surface area contributed by atoms with Crippen LogP contribution in [0, 0.1) is 0 Å². The Kier molecular flexibility index (Phi) is 6.39. The molecule has 2 unspecified atom stereocenters. The number of amides is 2. The van der Waals surface area contributed by atoms with Crippen LogP contribution in [0.15, 0.2) is 60.7 Å². The van der Waals surface area contributed by atoms with E-state index in [1.54, 1.807) is 24.3 Å². The van der Waals surface area contributed by atoms with Crippen molar-refractivity contribution in [3.8, 4) is 0 Å². The van der Waals surface area contributed by atoms with Crippen LogP contribution in [0.25, 0.3) is 0 Å². The topological polar surface area (TPSA) is 95.9 Å². The highest BCUT2D eigenvalue weighted by Crippen LogP contribution is 2.12. The molecule has 0 saturated carbocycles. The third kappa shape index (κ3) is 4.95. The Morgan fingerprint density at radius 3 is 2.36 bits per heavy atom. The summed E-state index contributed by atoms with van der Waals surface area (Å²) in [6, 6.07) is 17.2. The Balaban J connectivity index is 1.77. The van der Waals surface area contributed by atoms with Crippen molar-refractivity contribution in [1.29, 1.82) is 0 Å². The fraction of sp³-hybridized carbons (Fsp3) is 0.286. The Morgan fingerprint density at radius 1 is 1.07 bits per heavy atom. The van der Waals surface area contributed by atoms with Gasteiger partial charge in [-0.1, -0.05) is 48.5 Å². The maximum absolute atomic E-state index is 13.1. The highest BCUT2D eigenvalue weighted by atomic mass is 16.5. The molecule has 2 aromatic carbocycles. The van der Waals surface area contributed by atoms with Gasteiger partial charge in [0.25, 0.3) is 5.91 Å². The molecule has 1 heterocycles. The van der Waals surface area contributed by atoms with E-state index in [1.165, 1.54) is 4.90 Å². The summed E-state index contributed by atoms with van der Waals surface area (Å²) in [7, 11) is 0. The molecule has 0 aliphatic carbocycles. The van der Waals surface area contributed by atoms with E-state index in [2.05, 4.69) is 5.32 Å². The lowest BCUT2D eigenvalue weighted by Crippen LogP contribution is -2.55. The number of nitrogens with one attached hydrogen (secondary N) is 1. The Morgan fingerprint density at radius 2 is 1.71 bits per heavy atom. The quantitative estimate of drug-likeness (QED) is 0.786. The molecule has 1 aliphatic heterocycles. The van der Waals surface area contributed by atoms with Gasteiger partial charge in [-0.2, -0.15) is 0 Å². The minimum atomic E-state index is -1.11.